The Bertz CT molecular complexity index is 942. The van der Waals surface area contributed by atoms with Crippen LogP contribution in [-0.2, 0) is 9.53 Å². The van der Waals surface area contributed by atoms with Gasteiger partial charge in [0.15, 0.2) is 18.1 Å². The van der Waals surface area contributed by atoms with Gasteiger partial charge in [0, 0.05) is 6.07 Å². The fraction of sp³-hybridized carbons (Fsp3) is 0.333. The van der Waals surface area contributed by atoms with Crippen molar-refractivity contribution in [1.82, 2.24) is 5.32 Å². The fourth-order valence-corrected chi connectivity index (χ4v) is 3.17. The van der Waals surface area contributed by atoms with Gasteiger partial charge in [0.05, 0.1) is 31.3 Å². The number of benzene rings is 2. The SMILES string of the molecule is COc1cc(C(=O)OCC(=O)NC(c2ccccc2)C2CC2)c([N+](=O)[O-])cc1OC. The Labute approximate surface area is 173 Å². The van der Waals surface area contributed by atoms with Crippen LogP contribution < -0.4 is 14.8 Å². The molecule has 0 bridgehead atoms. The average molecular weight is 414 g/mol. The molecule has 0 radical (unpaired) electrons. The number of rotatable bonds is 9. The van der Waals surface area contributed by atoms with Crippen molar-refractivity contribution >= 4 is 17.6 Å². The standard InChI is InChI=1S/C21H22N2O7/c1-28-17-10-15(16(23(26)27)11-18(17)29-2)21(25)30-12-19(24)22-20(14-8-9-14)13-6-4-3-5-7-13/h3-7,10-11,14,20H,8-9,12H2,1-2H3,(H,22,24). The molecule has 2 aromatic carbocycles. The van der Waals surface area contributed by atoms with Crippen molar-refractivity contribution in [2.75, 3.05) is 20.8 Å². The van der Waals surface area contributed by atoms with Gasteiger partial charge in [0.25, 0.3) is 11.6 Å². The molecule has 1 amide bonds. The largest absolute Gasteiger partial charge is 0.493 e. The number of nitrogens with one attached hydrogen (secondary N) is 1. The third-order valence-electron chi connectivity index (χ3n) is 4.82. The highest BCUT2D eigenvalue weighted by Gasteiger charge is 2.33. The Morgan fingerprint density at radius 1 is 1.13 bits per heavy atom. The van der Waals surface area contributed by atoms with E-state index in [0.29, 0.717) is 5.92 Å². The molecule has 0 spiro atoms. The predicted molar refractivity (Wildman–Crippen MR) is 107 cm³/mol. The van der Waals surface area contributed by atoms with E-state index in [1.54, 1.807) is 0 Å². The normalized spacial score (nSPS) is 13.8. The lowest BCUT2D eigenvalue weighted by molar-refractivity contribution is -0.385. The molecule has 1 aliphatic rings. The molecule has 0 aliphatic heterocycles. The number of carbonyl (C=O) groups is 2. The van der Waals surface area contributed by atoms with Crippen molar-refractivity contribution < 1.29 is 28.7 Å². The Hall–Kier alpha value is -3.62. The minimum absolute atomic E-state index is 0.105. The Kier molecular flexibility index (Phi) is 6.51. The summed E-state index contributed by atoms with van der Waals surface area (Å²) in [6.45, 7) is -0.555. The first-order valence-electron chi connectivity index (χ1n) is 9.36. The minimum Gasteiger partial charge on any atom is -0.493 e. The zero-order chi connectivity index (χ0) is 21.7. The summed E-state index contributed by atoms with van der Waals surface area (Å²) in [7, 11) is 2.67. The van der Waals surface area contributed by atoms with E-state index in [4.69, 9.17) is 14.2 Å². The third kappa shape index (κ3) is 4.86. The van der Waals surface area contributed by atoms with Crippen LogP contribution in [0.3, 0.4) is 0 Å². The lowest BCUT2D eigenvalue weighted by Gasteiger charge is -2.18. The number of esters is 1. The summed E-state index contributed by atoms with van der Waals surface area (Å²) in [6, 6.07) is 11.6. The van der Waals surface area contributed by atoms with E-state index in [-0.39, 0.29) is 23.1 Å². The van der Waals surface area contributed by atoms with Crippen LogP contribution in [0.5, 0.6) is 11.5 Å². The van der Waals surface area contributed by atoms with E-state index in [0.717, 1.165) is 30.5 Å². The number of nitro benzene ring substituents is 1. The van der Waals surface area contributed by atoms with Crippen molar-refractivity contribution in [1.29, 1.82) is 0 Å². The lowest BCUT2D eigenvalue weighted by Crippen LogP contribution is -2.33. The number of amides is 1. The predicted octanol–water partition coefficient (Wildman–Crippen LogP) is 3.04. The van der Waals surface area contributed by atoms with Crippen LogP contribution in [0.1, 0.15) is 34.8 Å². The van der Waals surface area contributed by atoms with Gasteiger partial charge in [0.2, 0.25) is 0 Å². The van der Waals surface area contributed by atoms with Gasteiger partial charge in [-0.25, -0.2) is 4.79 Å². The maximum absolute atomic E-state index is 12.4. The summed E-state index contributed by atoms with van der Waals surface area (Å²) in [6.07, 6.45) is 2.02. The highest BCUT2D eigenvalue weighted by molar-refractivity contribution is 5.96. The molecule has 0 aromatic heterocycles. The number of ether oxygens (including phenoxy) is 3. The first kappa shape index (κ1) is 21.1. The summed E-state index contributed by atoms with van der Waals surface area (Å²) >= 11 is 0. The molecule has 1 N–H and O–H groups in total. The molecule has 9 heteroatoms. The zero-order valence-corrected chi connectivity index (χ0v) is 16.6. The summed E-state index contributed by atoms with van der Waals surface area (Å²) in [5.74, 6) is -0.891. The van der Waals surface area contributed by atoms with Crippen molar-refractivity contribution in [3.05, 3.63) is 63.7 Å². The third-order valence-corrected chi connectivity index (χ3v) is 4.82. The van der Waals surface area contributed by atoms with Crippen LogP contribution in [0, 0.1) is 16.0 Å². The van der Waals surface area contributed by atoms with Gasteiger partial charge in [-0.1, -0.05) is 30.3 Å². The van der Waals surface area contributed by atoms with Crippen molar-refractivity contribution in [3.8, 4) is 11.5 Å². The highest BCUT2D eigenvalue weighted by Crippen LogP contribution is 2.41. The number of nitrogens with zero attached hydrogens (tertiary/aromatic N) is 1. The van der Waals surface area contributed by atoms with Crippen LogP contribution in [0.15, 0.2) is 42.5 Å². The van der Waals surface area contributed by atoms with Crippen LogP contribution in [-0.4, -0.2) is 37.6 Å². The van der Waals surface area contributed by atoms with Crippen molar-refractivity contribution in [2.24, 2.45) is 5.92 Å². The first-order chi connectivity index (χ1) is 14.4. The molecule has 9 nitrogen and oxygen atoms in total. The van der Waals surface area contributed by atoms with Gasteiger partial charge < -0.3 is 19.5 Å². The molecule has 1 atom stereocenters. The lowest BCUT2D eigenvalue weighted by atomic mass is 10.0. The van der Waals surface area contributed by atoms with Gasteiger partial charge in [0.1, 0.15) is 5.56 Å². The maximum atomic E-state index is 12.4. The monoisotopic (exact) mass is 414 g/mol. The Morgan fingerprint density at radius 2 is 1.77 bits per heavy atom. The van der Waals surface area contributed by atoms with Gasteiger partial charge in [-0.2, -0.15) is 0 Å². The molecule has 1 saturated carbocycles. The molecule has 0 heterocycles. The maximum Gasteiger partial charge on any atom is 0.345 e. The molecular formula is C21H22N2O7. The summed E-state index contributed by atoms with van der Waals surface area (Å²) in [5, 5.41) is 14.2. The van der Waals surface area contributed by atoms with E-state index >= 15 is 0 Å². The fourth-order valence-electron chi connectivity index (χ4n) is 3.17. The molecule has 2 aromatic rings. The highest BCUT2D eigenvalue weighted by atomic mass is 16.6. The second-order valence-electron chi connectivity index (χ2n) is 6.85. The average Bonchev–Trinajstić information content (AvgIpc) is 3.60. The molecule has 1 unspecified atom stereocenters. The molecule has 1 aliphatic carbocycles. The van der Waals surface area contributed by atoms with Crippen LogP contribution in [0.25, 0.3) is 0 Å². The number of nitro groups is 1. The zero-order valence-electron chi connectivity index (χ0n) is 16.6. The topological polar surface area (TPSA) is 117 Å². The van der Waals surface area contributed by atoms with E-state index in [1.165, 1.54) is 14.2 Å². The van der Waals surface area contributed by atoms with Gasteiger partial charge in [-0.3, -0.25) is 14.9 Å². The number of hydrogen-bond acceptors (Lipinski definition) is 7. The second-order valence-corrected chi connectivity index (χ2v) is 6.85. The Balaban J connectivity index is 1.69. The van der Waals surface area contributed by atoms with E-state index < -0.39 is 29.1 Å². The number of hydrogen-bond donors (Lipinski definition) is 1. The smallest absolute Gasteiger partial charge is 0.345 e. The van der Waals surface area contributed by atoms with E-state index in [1.807, 2.05) is 30.3 Å². The molecule has 0 saturated heterocycles. The van der Waals surface area contributed by atoms with Crippen LogP contribution in [0.2, 0.25) is 0 Å². The minimum atomic E-state index is -1.000. The van der Waals surface area contributed by atoms with Crippen LogP contribution in [0.4, 0.5) is 5.69 Å². The first-order valence-corrected chi connectivity index (χ1v) is 9.36. The summed E-state index contributed by atoms with van der Waals surface area (Å²) in [4.78, 5) is 35.4. The molecular weight excluding hydrogens is 392 g/mol. The van der Waals surface area contributed by atoms with Crippen molar-refractivity contribution in [3.63, 3.8) is 0 Å². The Morgan fingerprint density at radius 3 is 2.33 bits per heavy atom. The van der Waals surface area contributed by atoms with E-state index in [9.17, 15) is 19.7 Å². The second kappa shape index (κ2) is 9.25. The summed E-state index contributed by atoms with van der Waals surface area (Å²) < 4.78 is 15.2. The molecule has 1 fully saturated rings. The molecule has 158 valence electrons. The molecule has 30 heavy (non-hydrogen) atoms. The number of carbonyl (C=O) groups excluding carboxylic acids is 2. The van der Waals surface area contributed by atoms with E-state index in [2.05, 4.69) is 5.32 Å². The molecule has 3 rings (SSSR count). The summed E-state index contributed by atoms with van der Waals surface area (Å²) in [5.41, 5.74) is 0.153. The number of methoxy groups -OCH3 is 2. The van der Waals surface area contributed by atoms with Gasteiger partial charge >= 0.3 is 5.97 Å². The quantitative estimate of drug-likeness (QED) is 0.381. The van der Waals surface area contributed by atoms with Gasteiger partial charge in [-0.15, -0.1) is 0 Å². The van der Waals surface area contributed by atoms with Crippen molar-refractivity contribution in [2.45, 2.75) is 18.9 Å². The van der Waals surface area contributed by atoms with Gasteiger partial charge in [-0.05, 0) is 24.3 Å². The van der Waals surface area contributed by atoms with Crippen LogP contribution >= 0.6 is 0 Å².